The molecule has 22 heteroatoms. The quantitative estimate of drug-likeness (QED) is 0.0171. The molecular formula is C34H60N8O13S. The van der Waals surface area contributed by atoms with Gasteiger partial charge in [-0.1, -0.05) is 13.8 Å². The minimum absolute atomic E-state index is 0.0294. The highest BCUT2D eigenvalue weighted by Crippen LogP contribution is 2.23. The van der Waals surface area contributed by atoms with Crippen LogP contribution < -0.4 is 41.8 Å². The second-order valence-electron chi connectivity index (χ2n) is 10.8. The first kappa shape index (κ1) is 53.5. The van der Waals surface area contributed by atoms with Crippen LogP contribution in [-0.2, 0) is 37.7 Å². The Balaban J connectivity index is 0. The largest absolute Gasteiger partial charge is 0.484 e. The second-order valence-corrected chi connectivity index (χ2v) is 11.0. The number of aldehydes is 1. The summed E-state index contributed by atoms with van der Waals surface area (Å²) in [6.07, 6.45) is 0.927. The minimum atomic E-state index is -0.748. The third-order valence-corrected chi connectivity index (χ3v) is 6.66. The monoisotopic (exact) mass is 820 g/mol. The summed E-state index contributed by atoms with van der Waals surface area (Å²) in [5.74, 6) is -3.82. The van der Waals surface area contributed by atoms with Crippen molar-refractivity contribution in [1.29, 1.82) is 0 Å². The normalized spacial score (nSPS) is 9.93. The van der Waals surface area contributed by atoms with Crippen molar-refractivity contribution in [3.8, 4) is 11.5 Å². The maximum absolute atomic E-state index is 13.2. The lowest BCUT2D eigenvalue weighted by molar-refractivity contribution is -0.140. The van der Waals surface area contributed by atoms with E-state index in [2.05, 4.69) is 43.7 Å². The molecule has 0 saturated heterocycles. The fraction of sp³-hybridized carbons (Fsp3) is 0.618. The van der Waals surface area contributed by atoms with E-state index in [1.165, 1.54) is 25.3 Å². The summed E-state index contributed by atoms with van der Waals surface area (Å²) >= 11 is 3.60. The second kappa shape index (κ2) is 36.1. The van der Waals surface area contributed by atoms with E-state index in [0.29, 0.717) is 25.8 Å². The lowest BCUT2D eigenvalue weighted by Crippen LogP contribution is -2.48. The highest BCUT2D eigenvalue weighted by atomic mass is 32.1. The number of aliphatic hydroxyl groups excluding tert-OH is 2. The zero-order valence-electron chi connectivity index (χ0n) is 32.6. The van der Waals surface area contributed by atoms with E-state index in [9.17, 15) is 33.6 Å². The summed E-state index contributed by atoms with van der Waals surface area (Å²) in [7, 11) is 3.26. The van der Waals surface area contributed by atoms with E-state index in [0.717, 1.165) is 9.80 Å². The Hall–Kier alpha value is -4.58. The summed E-state index contributed by atoms with van der Waals surface area (Å²) in [5.41, 5.74) is 5.54. The number of nitrogens with one attached hydrogen (secondary N) is 5. The first-order chi connectivity index (χ1) is 27.0. The van der Waals surface area contributed by atoms with Gasteiger partial charge in [0.15, 0.2) is 13.2 Å². The van der Waals surface area contributed by atoms with Gasteiger partial charge in [-0.05, 0) is 45.1 Å². The Morgan fingerprint density at radius 1 is 0.750 bits per heavy atom. The molecule has 0 aromatic heterocycles. The summed E-state index contributed by atoms with van der Waals surface area (Å²) in [6, 6.07) is 3.92. The number of aliphatic hydroxyl groups is 2. The van der Waals surface area contributed by atoms with Gasteiger partial charge in [0.25, 0.3) is 17.7 Å². The molecule has 6 amide bonds. The average Bonchev–Trinajstić information content (AvgIpc) is 3.19. The van der Waals surface area contributed by atoms with E-state index < -0.39 is 74.8 Å². The predicted molar refractivity (Wildman–Crippen MR) is 208 cm³/mol. The number of nitrogens with zero attached hydrogens (tertiary/aromatic N) is 2. The van der Waals surface area contributed by atoms with Crippen LogP contribution in [0, 0.1) is 0 Å². The van der Waals surface area contributed by atoms with Gasteiger partial charge in [0.2, 0.25) is 17.7 Å². The number of ether oxygens (including phenoxy) is 3. The number of amides is 6. The average molecular weight is 821 g/mol. The van der Waals surface area contributed by atoms with Crippen LogP contribution >= 0.6 is 12.9 Å². The van der Waals surface area contributed by atoms with Crippen molar-refractivity contribution in [2.24, 2.45) is 5.73 Å². The number of nitrogens with two attached hydrogens (primary N) is 1. The van der Waals surface area contributed by atoms with Crippen LogP contribution in [0.3, 0.4) is 0 Å². The van der Waals surface area contributed by atoms with Gasteiger partial charge in [0.1, 0.15) is 37.4 Å². The first-order valence-corrected chi connectivity index (χ1v) is 18.2. The number of methoxy groups -OCH3 is 1. The number of hydrogen-bond donors (Lipinski definition) is 9. The summed E-state index contributed by atoms with van der Waals surface area (Å²) < 4.78 is 20.7. The van der Waals surface area contributed by atoms with Crippen LogP contribution in [0.25, 0.3) is 0 Å². The molecule has 0 spiro atoms. The van der Waals surface area contributed by atoms with Crippen LogP contribution in [0.15, 0.2) is 18.2 Å². The SMILES string of the molecule is CC.CNCCO.COCCNC(=O)CN(CC(=O)NCCOS)C(=O)COc1cc(OCC(=O)N(CC=O)CC(=O)NCCO)cc(C(=O)NCCCN)c1. The highest BCUT2D eigenvalue weighted by Gasteiger charge is 2.22. The summed E-state index contributed by atoms with van der Waals surface area (Å²) in [5, 5.41) is 29.8. The molecule has 0 fully saturated rings. The van der Waals surface area contributed by atoms with Gasteiger partial charge >= 0.3 is 0 Å². The van der Waals surface area contributed by atoms with Gasteiger partial charge < -0.3 is 75.5 Å². The van der Waals surface area contributed by atoms with Crippen molar-refractivity contribution in [3.05, 3.63) is 23.8 Å². The van der Waals surface area contributed by atoms with Crippen molar-refractivity contribution in [3.63, 3.8) is 0 Å². The Morgan fingerprint density at radius 2 is 1.25 bits per heavy atom. The first-order valence-electron chi connectivity index (χ1n) is 17.8. The molecule has 0 saturated carbocycles. The summed E-state index contributed by atoms with van der Waals surface area (Å²) in [6.45, 7) is 2.64. The number of likely N-dealkylation sites (N-methyl/N-ethyl adjacent to an activating group) is 1. The topological polar surface area (TPSA) is 290 Å². The minimum Gasteiger partial charge on any atom is -0.484 e. The lowest BCUT2D eigenvalue weighted by Gasteiger charge is -2.22. The molecule has 320 valence electrons. The van der Waals surface area contributed by atoms with Crippen molar-refractivity contribution < 1.29 is 62.2 Å². The van der Waals surface area contributed by atoms with Crippen LogP contribution in [0.2, 0.25) is 0 Å². The maximum atomic E-state index is 13.2. The lowest BCUT2D eigenvalue weighted by atomic mass is 10.2. The Kier molecular flexibility index (Phi) is 34.5. The van der Waals surface area contributed by atoms with Crippen molar-refractivity contribution in [2.75, 3.05) is 119 Å². The van der Waals surface area contributed by atoms with E-state index in [1.54, 1.807) is 7.05 Å². The zero-order valence-corrected chi connectivity index (χ0v) is 33.5. The van der Waals surface area contributed by atoms with E-state index in [-0.39, 0.29) is 69.7 Å². The van der Waals surface area contributed by atoms with Crippen LogP contribution in [0.5, 0.6) is 11.5 Å². The Labute approximate surface area is 333 Å². The van der Waals surface area contributed by atoms with Crippen molar-refractivity contribution >= 4 is 54.6 Å². The van der Waals surface area contributed by atoms with Gasteiger partial charge in [-0.2, -0.15) is 0 Å². The van der Waals surface area contributed by atoms with Crippen molar-refractivity contribution in [1.82, 2.24) is 36.4 Å². The van der Waals surface area contributed by atoms with Crippen LogP contribution in [-0.4, -0.2) is 181 Å². The third kappa shape index (κ3) is 27.1. The third-order valence-electron chi connectivity index (χ3n) is 6.48. The summed E-state index contributed by atoms with van der Waals surface area (Å²) in [4.78, 5) is 88.7. The number of carbonyl (C=O) groups excluding carboxylic acids is 7. The van der Waals surface area contributed by atoms with Crippen molar-refractivity contribution in [2.45, 2.75) is 20.3 Å². The Morgan fingerprint density at radius 3 is 1.70 bits per heavy atom. The molecular weight excluding hydrogens is 760 g/mol. The molecule has 1 aromatic rings. The molecule has 56 heavy (non-hydrogen) atoms. The number of carbonyl (C=O) groups is 7. The number of thiol groups is 1. The molecule has 0 unspecified atom stereocenters. The molecule has 0 aliphatic carbocycles. The molecule has 1 aromatic carbocycles. The number of benzene rings is 1. The van der Waals surface area contributed by atoms with Gasteiger partial charge in [-0.15, -0.1) is 0 Å². The maximum Gasteiger partial charge on any atom is 0.261 e. The smallest absolute Gasteiger partial charge is 0.261 e. The molecule has 1 rings (SSSR count). The zero-order chi connectivity index (χ0) is 42.6. The van der Waals surface area contributed by atoms with Gasteiger partial charge in [0, 0.05) is 51.5 Å². The van der Waals surface area contributed by atoms with Crippen LogP contribution in [0.4, 0.5) is 0 Å². The molecule has 0 aliphatic rings. The Bertz CT molecular complexity index is 1270. The van der Waals surface area contributed by atoms with E-state index in [1.807, 2.05) is 13.8 Å². The molecule has 0 heterocycles. The van der Waals surface area contributed by atoms with Gasteiger partial charge in [0.05, 0.1) is 33.0 Å². The molecule has 0 radical (unpaired) electrons. The van der Waals surface area contributed by atoms with E-state index in [4.69, 9.17) is 30.2 Å². The molecule has 0 bridgehead atoms. The van der Waals surface area contributed by atoms with Crippen LogP contribution in [0.1, 0.15) is 30.6 Å². The fourth-order valence-electron chi connectivity index (χ4n) is 3.85. The highest BCUT2D eigenvalue weighted by molar-refractivity contribution is 7.75. The van der Waals surface area contributed by atoms with Gasteiger partial charge in [-0.3, -0.25) is 28.8 Å². The molecule has 21 nitrogen and oxygen atoms in total. The number of rotatable bonds is 28. The molecule has 9 N–H and O–H groups in total. The fourth-order valence-corrected chi connectivity index (χ4v) is 3.94. The standard InChI is InChI=1S/C29H45N7O12S.C3H9NO.C2H6/c1-45-11-6-32-25(40)17-36(18-26(41)33-7-12-48-49)28(43)20-47-23-14-21(29(44)34-4-2-3-30)13-22(15-23)46-19-27(42)35(8-10-38)16-24(39)31-5-9-37;1-4-2-3-5;1-2/h10,13-15,37,49H,2-9,11-12,16-20,30H2,1H3,(H,31,39)(H,32,40)(H,33,41)(H,34,44);4-5H,2-3H2,1H3;1-2H3. The molecule has 0 atom stereocenters. The molecule has 0 aliphatic heterocycles. The number of hydrogen-bond acceptors (Lipinski definition) is 16. The predicted octanol–water partition coefficient (Wildman–Crippen LogP) is -3.55. The van der Waals surface area contributed by atoms with E-state index >= 15 is 0 Å². The van der Waals surface area contributed by atoms with Gasteiger partial charge in [-0.25, -0.2) is 0 Å².